The zero-order chi connectivity index (χ0) is 29.3. The van der Waals surface area contributed by atoms with Gasteiger partial charge in [0.1, 0.15) is 24.2 Å². The van der Waals surface area contributed by atoms with E-state index in [0.29, 0.717) is 11.1 Å². The lowest BCUT2D eigenvalue weighted by atomic mass is 9.89. The first-order chi connectivity index (χ1) is 18.2. The molecule has 1 fully saturated rings. The van der Waals surface area contributed by atoms with E-state index in [1.807, 2.05) is 0 Å². The Kier molecular flexibility index (Phi) is 11.2. The van der Waals surface area contributed by atoms with Crippen LogP contribution in [0.3, 0.4) is 0 Å². The number of hydrogen-bond acceptors (Lipinski definition) is 8. The number of ether oxygens (including phenoxy) is 2. The highest BCUT2D eigenvalue weighted by molar-refractivity contribution is 7.88. The molecular formula is C26H35N3O9S. The van der Waals surface area contributed by atoms with E-state index in [9.17, 15) is 33.3 Å². The third-order valence-electron chi connectivity index (χ3n) is 5.46. The number of rotatable bonds is 12. The minimum atomic E-state index is -1.62. The van der Waals surface area contributed by atoms with Gasteiger partial charge in [0.15, 0.2) is 0 Å². The van der Waals surface area contributed by atoms with E-state index >= 15 is 0 Å². The molecule has 214 valence electrons. The van der Waals surface area contributed by atoms with Crippen molar-refractivity contribution in [3.63, 3.8) is 0 Å². The average molecular weight is 566 g/mol. The van der Waals surface area contributed by atoms with Crippen molar-refractivity contribution in [3.8, 4) is 0 Å². The molecule has 0 aliphatic carbocycles. The first kappa shape index (κ1) is 31.5. The summed E-state index contributed by atoms with van der Waals surface area (Å²) in [6, 6.07) is 5.05. The lowest BCUT2D eigenvalue weighted by Gasteiger charge is -2.47. The van der Waals surface area contributed by atoms with Crippen LogP contribution < -0.4 is 10.6 Å². The van der Waals surface area contributed by atoms with E-state index in [1.54, 1.807) is 65.0 Å². The Labute approximate surface area is 229 Å². The molecule has 3 amide bonds. The van der Waals surface area contributed by atoms with Crippen LogP contribution in [0.25, 0.3) is 0 Å². The Bertz CT molecular complexity index is 1130. The van der Waals surface area contributed by atoms with E-state index in [-0.39, 0.29) is 18.8 Å². The molecule has 1 aromatic rings. The number of carboxylic acid groups (broad SMARTS) is 1. The van der Waals surface area contributed by atoms with Crippen LogP contribution in [0.4, 0.5) is 4.79 Å². The summed E-state index contributed by atoms with van der Waals surface area (Å²) in [7, 11) is -1.62. The largest absolute Gasteiger partial charge is 0.480 e. The molecule has 0 spiro atoms. The van der Waals surface area contributed by atoms with Gasteiger partial charge in [-0.25, -0.2) is 4.79 Å². The van der Waals surface area contributed by atoms with Crippen LogP contribution in [0.5, 0.6) is 0 Å². The summed E-state index contributed by atoms with van der Waals surface area (Å²) in [6.07, 6.45) is -0.925. The van der Waals surface area contributed by atoms with Crippen molar-refractivity contribution in [1.29, 1.82) is 0 Å². The number of hydrogen-bond donors (Lipinski definition) is 3. The SMILES string of the molecule is CCOC(=O)CCS(=O)C=C(C)C1C(NC(=O)C(NC(=O)OC(C)(C)C)c2ccccc2)C(=O)N1CC(=O)O. The predicted octanol–water partition coefficient (Wildman–Crippen LogP) is 1.64. The maximum absolute atomic E-state index is 13.4. The molecule has 13 heteroatoms. The fourth-order valence-electron chi connectivity index (χ4n) is 3.88. The highest BCUT2D eigenvalue weighted by Gasteiger charge is 2.50. The number of nitrogens with one attached hydrogen (secondary N) is 2. The molecule has 1 aliphatic heterocycles. The molecule has 0 bridgehead atoms. The summed E-state index contributed by atoms with van der Waals surface area (Å²) in [5.41, 5.74) is -0.0162. The molecule has 1 saturated heterocycles. The fourth-order valence-corrected chi connectivity index (χ4v) is 4.92. The van der Waals surface area contributed by atoms with E-state index in [4.69, 9.17) is 9.47 Å². The first-order valence-electron chi connectivity index (χ1n) is 12.3. The molecule has 0 radical (unpaired) electrons. The molecule has 0 saturated carbocycles. The van der Waals surface area contributed by atoms with Gasteiger partial charge in [-0.15, -0.1) is 0 Å². The number of esters is 1. The summed E-state index contributed by atoms with van der Waals surface area (Å²) in [5.74, 6) is -3.16. The summed E-state index contributed by atoms with van der Waals surface area (Å²) in [6.45, 7) is 7.79. The average Bonchev–Trinajstić information content (AvgIpc) is 2.84. The Morgan fingerprint density at radius 3 is 2.38 bits per heavy atom. The Hall–Kier alpha value is -3.74. The van der Waals surface area contributed by atoms with E-state index in [2.05, 4.69) is 10.6 Å². The van der Waals surface area contributed by atoms with Crippen molar-refractivity contribution in [2.45, 2.75) is 64.8 Å². The van der Waals surface area contributed by atoms with Crippen LogP contribution in [-0.2, 0) is 39.5 Å². The minimum Gasteiger partial charge on any atom is -0.480 e. The maximum Gasteiger partial charge on any atom is 0.408 e. The van der Waals surface area contributed by atoms with Gasteiger partial charge in [0, 0.05) is 22.0 Å². The molecule has 4 atom stereocenters. The number of benzene rings is 1. The molecule has 0 aromatic heterocycles. The molecule has 12 nitrogen and oxygen atoms in total. The van der Waals surface area contributed by atoms with Crippen molar-refractivity contribution < 1.29 is 42.8 Å². The first-order valence-corrected chi connectivity index (χ1v) is 13.7. The predicted molar refractivity (Wildman–Crippen MR) is 142 cm³/mol. The van der Waals surface area contributed by atoms with Gasteiger partial charge in [-0.2, -0.15) is 0 Å². The van der Waals surface area contributed by atoms with Gasteiger partial charge in [0.2, 0.25) is 11.8 Å². The Morgan fingerprint density at radius 1 is 1.18 bits per heavy atom. The van der Waals surface area contributed by atoms with Crippen molar-refractivity contribution in [3.05, 3.63) is 46.9 Å². The van der Waals surface area contributed by atoms with Crippen molar-refractivity contribution in [2.75, 3.05) is 18.9 Å². The number of β-lactam (4-membered cyclic amide) rings is 1. The summed E-state index contributed by atoms with van der Waals surface area (Å²) in [5, 5.41) is 15.7. The van der Waals surface area contributed by atoms with Crippen LogP contribution >= 0.6 is 0 Å². The van der Waals surface area contributed by atoms with Gasteiger partial charge in [-0.1, -0.05) is 30.3 Å². The quantitative estimate of drug-likeness (QED) is 0.252. The second kappa shape index (κ2) is 13.9. The van der Waals surface area contributed by atoms with Gasteiger partial charge in [0.25, 0.3) is 0 Å². The number of carboxylic acids is 1. The van der Waals surface area contributed by atoms with E-state index in [0.717, 1.165) is 4.90 Å². The molecule has 1 aromatic carbocycles. The Morgan fingerprint density at radius 2 is 1.82 bits per heavy atom. The fraction of sp³-hybridized carbons (Fsp3) is 0.500. The third-order valence-corrected chi connectivity index (χ3v) is 6.70. The minimum absolute atomic E-state index is 0.0251. The highest BCUT2D eigenvalue weighted by Crippen LogP contribution is 2.28. The summed E-state index contributed by atoms with van der Waals surface area (Å²) in [4.78, 5) is 62.7. The molecule has 39 heavy (non-hydrogen) atoms. The number of aliphatic carboxylic acids is 1. The monoisotopic (exact) mass is 565 g/mol. The molecule has 2 rings (SSSR count). The zero-order valence-electron chi connectivity index (χ0n) is 22.6. The van der Waals surface area contributed by atoms with Gasteiger partial charge in [-0.3, -0.25) is 23.4 Å². The number of alkyl carbamates (subject to hydrolysis) is 1. The molecule has 1 aliphatic rings. The van der Waals surface area contributed by atoms with Crippen molar-refractivity contribution in [1.82, 2.24) is 15.5 Å². The van der Waals surface area contributed by atoms with Crippen LogP contribution in [0, 0.1) is 0 Å². The topological polar surface area (TPSA) is 168 Å². The molecule has 3 N–H and O–H groups in total. The number of carbonyl (C=O) groups excluding carboxylic acids is 4. The van der Waals surface area contributed by atoms with Crippen LogP contribution in [0.15, 0.2) is 41.3 Å². The Balaban J connectivity index is 2.26. The number of carbonyl (C=O) groups is 5. The molecule has 4 unspecified atom stereocenters. The van der Waals surface area contributed by atoms with Gasteiger partial charge in [0.05, 0.1) is 19.1 Å². The number of likely N-dealkylation sites (tertiary alicyclic amines) is 1. The lowest BCUT2D eigenvalue weighted by Crippen LogP contribution is -2.72. The second-order valence-corrected chi connectivity index (χ2v) is 11.2. The standard InChI is InChI=1S/C26H35N3O9S/c1-6-37-19(32)12-13-39(36)15-16(2)22-21(24(34)29(22)14-18(30)31)27-23(33)20(17-10-8-7-9-11-17)28-25(35)38-26(3,4)5/h7-11,15,20-22H,6,12-14H2,1-5H3,(H,27,33)(H,28,35)(H,30,31). The maximum atomic E-state index is 13.4. The van der Waals surface area contributed by atoms with Gasteiger partial charge in [-0.05, 0) is 45.8 Å². The lowest BCUT2D eigenvalue weighted by molar-refractivity contribution is -0.158. The van der Waals surface area contributed by atoms with E-state index < -0.39 is 70.9 Å². The van der Waals surface area contributed by atoms with Crippen LogP contribution in [0.1, 0.15) is 52.6 Å². The third kappa shape index (κ3) is 9.50. The summed E-state index contributed by atoms with van der Waals surface area (Å²) >= 11 is 0. The van der Waals surface area contributed by atoms with Crippen LogP contribution in [0.2, 0.25) is 0 Å². The van der Waals surface area contributed by atoms with Gasteiger partial charge >= 0.3 is 18.0 Å². The molecule has 1 heterocycles. The van der Waals surface area contributed by atoms with Crippen molar-refractivity contribution >= 4 is 40.6 Å². The zero-order valence-corrected chi connectivity index (χ0v) is 23.4. The number of amides is 3. The normalized spacial score (nSPS) is 18.8. The van der Waals surface area contributed by atoms with Gasteiger partial charge < -0.3 is 30.1 Å². The molecular weight excluding hydrogens is 530 g/mol. The van der Waals surface area contributed by atoms with Crippen molar-refractivity contribution in [2.24, 2.45) is 0 Å². The summed E-state index contributed by atoms with van der Waals surface area (Å²) < 4.78 is 22.6. The van der Waals surface area contributed by atoms with Crippen LogP contribution in [-0.4, -0.2) is 80.7 Å². The number of nitrogens with zero attached hydrogens (tertiary/aromatic N) is 1. The highest BCUT2D eigenvalue weighted by atomic mass is 32.2. The smallest absolute Gasteiger partial charge is 0.408 e. The van der Waals surface area contributed by atoms with E-state index in [1.165, 1.54) is 5.41 Å². The second-order valence-electron chi connectivity index (χ2n) is 9.78.